The average Bonchev–Trinajstić information content (AvgIpc) is 3.55. The second-order valence-electron chi connectivity index (χ2n) is 13.4. The highest BCUT2D eigenvalue weighted by Crippen LogP contribution is 2.41. The Morgan fingerprint density at radius 2 is 1.52 bits per heavy atom. The number of nitrogens with zero attached hydrogens (tertiary/aromatic N) is 3. The van der Waals surface area contributed by atoms with E-state index in [1.54, 1.807) is 58.0 Å². The number of halogens is 3. The molecule has 13 heteroatoms. The van der Waals surface area contributed by atoms with Gasteiger partial charge in [0.25, 0.3) is 5.89 Å². The topological polar surface area (TPSA) is 129 Å². The molecule has 0 aliphatic carbocycles. The largest absolute Gasteiger partial charge is 0.472 e. The number of anilines is 1. The molecular formula is C37H45F3N4O6. The highest BCUT2D eigenvalue weighted by molar-refractivity contribution is 5.89. The number of hydrogen-bond donors (Lipinski definition) is 2. The van der Waals surface area contributed by atoms with Crippen LogP contribution in [-0.4, -0.2) is 38.1 Å². The zero-order valence-electron chi connectivity index (χ0n) is 29.0. The molecule has 2 N–H and O–H groups in total. The number of aliphatic hydroxyl groups excluding tert-OH is 1. The molecule has 10 nitrogen and oxygen atoms in total. The number of amides is 1. The summed E-state index contributed by atoms with van der Waals surface area (Å²) in [5.74, 6) is -0.897. The van der Waals surface area contributed by atoms with Crippen molar-refractivity contribution in [2.75, 3.05) is 5.32 Å². The first-order chi connectivity index (χ1) is 23.6. The van der Waals surface area contributed by atoms with Crippen molar-refractivity contribution in [1.29, 1.82) is 0 Å². The van der Waals surface area contributed by atoms with E-state index in [4.69, 9.17) is 18.6 Å². The monoisotopic (exact) mass is 698 g/mol. The van der Waals surface area contributed by atoms with Gasteiger partial charge in [-0.15, -0.1) is 10.2 Å². The number of ether oxygens (including phenoxy) is 3. The lowest BCUT2D eigenvalue weighted by Gasteiger charge is -2.26. The van der Waals surface area contributed by atoms with Crippen LogP contribution in [0, 0.1) is 0 Å². The minimum atomic E-state index is -4.89. The van der Waals surface area contributed by atoms with Gasteiger partial charge < -0.3 is 23.7 Å². The van der Waals surface area contributed by atoms with Crippen LogP contribution in [0.15, 0.2) is 71.1 Å². The number of carbonyl (C=O) groups is 1. The van der Waals surface area contributed by atoms with Crippen molar-refractivity contribution in [2.24, 2.45) is 0 Å². The molecule has 2 aromatic carbocycles. The second-order valence-corrected chi connectivity index (χ2v) is 13.4. The van der Waals surface area contributed by atoms with Gasteiger partial charge in [0.2, 0.25) is 11.8 Å². The molecule has 0 saturated heterocycles. The highest BCUT2D eigenvalue weighted by atomic mass is 19.4. The Kier molecular flexibility index (Phi) is 13.0. The third kappa shape index (κ3) is 11.5. The maximum Gasteiger partial charge on any atom is 0.421 e. The van der Waals surface area contributed by atoms with E-state index in [1.807, 2.05) is 37.3 Å². The fraction of sp³-hybridized carbons (Fsp3) is 0.459. The third-order valence-electron chi connectivity index (χ3n) is 7.65. The van der Waals surface area contributed by atoms with Crippen LogP contribution in [0.1, 0.15) is 95.7 Å². The molecule has 0 unspecified atom stereocenters. The molecule has 50 heavy (non-hydrogen) atoms. The van der Waals surface area contributed by atoms with Gasteiger partial charge in [0.15, 0.2) is 5.69 Å². The average molecular weight is 699 g/mol. The Hall–Kier alpha value is -4.49. The summed E-state index contributed by atoms with van der Waals surface area (Å²) >= 11 is 0. The summed E-state index contributed by atoms with van der Waals surface area (Å²) in [6.07, 6.45) is -1.64. The lowest BCUT2D eigenvalue weighted by molar-refractivity contribution is -0.139. The number of pyridine rings is 1. The summed E-state index contributed by atoms with van der Waals surface area (Å²) in [6, 6.07) is 18.9. The fourth-order valence-corrected chi connectivity index (χ4v) is 5.05. The Bertz CT molecular complexity index is 1660. The van der Waals surface area contributed by atoms with Crippen LogP contribution in [0.2, 0.25) is 0 Å². The molecule has 1 amide bonds. The molecule has 270 valence electrons. The molecule has 0 aliphatic heterocycles. The van der Waals surface area contributed by atoms with E-state index in [0.717, 1.165) is 37.3 Å². The van der Waals surface area contributed by atoms with Gasteiger partial charge in [0, 0.05) is 0 Å². The first-order valence-electron chi connectivity index (χ1n) is 16.6. The number of benzene rings is 2. The van der Waals surface area contributed by atoms with E-state index in [-0.39, 0.29) is 42.5 Å². The lowest BCUT2D eigenvalue weighted by atomic mass is 9.96. The quantitative estimate of drug-likeness (QED) is 0.110. The number of unbranched alkanes of at least 4 members (excludes halogenated alkanes) is 3. The molecule has 0 bridgehead atoms. The predicted octanol–water partition coefficient (Wildman–Crippen LogP) is 9.23. The lowest BCUT2D eigenvalue weighted by Crippen LogP contribution is -2.27. The number of aliphatic hydroxyl groups is 1. The molecule has 0 spiro atoms. The van der Waals surface area contributed by atoms with Crippen molar-refractivity contribution in [1.82, 2.24) is 15.2 Å². The van der Waals surface area contributed by atoms with Crippen LogP contribution in [0.3, 0.4) is 0 Å². The SMILES string of the molecule is C[C@H](O)CCCCCC[C@@](C)(OCc1ccccc1)c1nnc(-c2nc(OCc3ccccc3)c(C(F)(F)F)cc2NC(=O)OC(C)(C)C)o1. The van der Waals surface area contributed by atoms with Crippen LogP contribution in [0.4, 0.5) is 23.7 Å². The highest BCUT2D eigenvalue weighted by Gasteiger charge is 2.39. The van der Waals surface area contributed by atoms with Gasteiger partial charge >= 0.3 is 12.3 Å². The van der Waals surface area contributed by atoms with Crippen molar-refractivity contribution in [3.8, 4) is 17.5 Å². The summed E-state index contributed by atoms with van der Waals surface area (Å²) < 4.78 is 66.6. The molecule has 0 saturated carbocycles. The van der Waals surface area contributed by atoms with Crippen molar-refractivity contribution in [3.05, 3.63) is 89.3 Å². The fourth-order valence-electron chi connectivity index (χ4n) is 5.05. The Morgan fingerprint density at radius 1 is 0.900 bits per heavy atom. The molecule has 0 aliphatic rings. The maximum atomic E-state index is 14.4. The van der Waals surface area contributed by atoms with Crippen LogP contribution in [-0.2, 0) is 34.5 Å². The third-order valence-corrected chi connectivity index (χ3v) is 7.65. The number of rotatable bonds is 16. The zero-order valence-corrected chi connectivity index (χ0v) is 29.0. The Morgan fingerprint density at radius 3 is 2.12 bits per heavy atom. The minimum Gasteiger partial charge on any atom is -0.472 e. The van der Waals surface area contributed by atoms with E-state index in [2.05, 4.69) is 20.5 Å². The molecule has 2 atom stereocenters. The molecule has 0 fully saturated rings. The summed E-state index contributed by atoms with van der Waals surface area (Å²) in [7, 11) is 0. The number of carbonyl (C=O) groups excluding carboxylic acids is 1. The van der Waals surface area contributed by atoms with Crippen LogP contribution < -0.4 is 10.1 Å². The number of alkyl halides is 3. The van der Waals surface area contributed by atoms with E-state index >= 15 is 0 Å². The second kappa shape index (κ2) is 16.9. The van der Waals surface area contributed by atoms with Crippen LogP contribution in [0.25, 0.3) is 11.6 Å². The molecule has 2 aromatic heterocycles. The van der Waals surface area contributed by atoms with Crippen molar-refractivity contribution < 1.29 is 41.7 Å². The van der Waals surface area contributed by atoms with E-state index < -0.39 is 34.9 Å². The summed E-state index contributed by atoms with van der Waals surface area (Å²) in [6.45, 7) is 8.49. The van der Waals surface area contributed by atoms with Crippen LogP contribution in [0.5, 0.6) is 5.88 Å². The van der Waals surface area contributed by atoms with Gasteiger partial charge in [-0.1, -0.05) is 86.3 Å². The molecule has 4 aromatic rings. The van der Waals surface area contributed by atoms with Gasteiger partial charge in [-0.3, -0.25) is 5.32 Å². The number of hydrogen-bond acceptors (Lipinski definition) is 9. The minimum absolute atomic E-state index is 0.0871. The number of aromatic nitrogens is 3. The zero-order chi connectivity index (χ0) is 36.4. The summed E-state index contributed by atoms with van der Waals surface area (Å²) in [5, 5.41) is 20.4. The molecule has 2 heterocycles. The van der Waals surface area contributed by atoms with Gasteiger partial charge in [0.1, 0.15) is 23.4 Å². The predicted molar refractivity (Wildman–Crippen MR) is 181 cm³/mol. The number of nitrogens with one attached hydrogen (secondary N) is 1. The van der Waals surface area contributed by atoms with Crippen molar-refractivity contribution in [2.45, 2.75) is 110 Å². The standard InChI is InChI=1S/C37H45F3N4O6/c1-25(45)16-10-6-7-15-21-36(5,48-24-27-19-13-9-14-20-27)33-44-43-32(49-33)30-29(41-34(46)50-35(2,3)4)22-28(37(38,39)40)31(42-30)47-23-26-17-11-8-12-18-26/h8-9,11-14,17-20,22,25,45H,6-7,10,15-16,21,23-24H2,1-5H3,(H,41,46)/t25-,36+/m0/s1. The van der Waals surface area contributed by atoms with Gasteiger partial charge in [-0.25, -0.2) is 9.78 Å². The van der Waals surface area contributed by atoms with Crippen molar-refractivity contribution >= 4 is 11.8 Å². The van der Waals surface area contributed by atoms with Crippen LogP contribution >= 0.6 is 0 Å². The molecular weight excluding hydrogens is 653 g/mol. The van der Waals surface area contributed by atoms with E-state index in [9.17, 15) is 23.1 Å². The van der Waals surface area contributed by atoms with Gasteiger partial charge in [0.05, 0.1) is 18.4 Å². The Balaban J connectivity index is 1.71. The van der Waals surface area contributed by atoms with E-state index in [1.165, 1.54) is 0 Å². The Labute approximate surface area is 290 Å². The van der Waals surface area contributed by atoms with Gasteiger partial charge in [-0.05, 0) is 64.7 Å². The molecule has 0 radical (unpaired) electrons. The molecule has 4 rings (SSSR count). The first kappa shape index (κ1) is 38.3. The normalized spacial score (nSPS) is 13.8. The maximum absolute atomic E-state index is 14.4. The van der Waals surface area contributed by atoms with E-state index in [0.29, 0.717) is 18.4 Å². The van der Waals surface area contributed by atoms with Gasteiger partial charge in [-0.2, -0.15) is 13.2 Å². The summed E-state index contributed by atoms with van der Waals surface area (Å²) in [5.41, 5.74) is -2.29. The van der Waals surface area contributed by atoms with Crippen molar-refractivity contribution in [3.63, 3.8) is 0 Å². The smallest absolute Gasteiger partial charge is 0.421 e. The first-order valence-corrected chi connectivity index (χ1v) is 16.6. The summed E-state index contributed by atoms with van der Waals surface area (Å²) in [4.78, 5) is 17.0.